The molecule has 1 atom stereocenters. The van der Waals surface area contributed by atoms with Crippen molar-refractivity contribution < 1.29 is 14.4 Å². The fraction of sp³-hybridized carbons (Fsp3) is 0.222. The molecule has 0 aliphatic carbocycles. The van der Waals surface area contributed by atoms with Gasteiger partial charge in [-0.1, -0.05) is 30.3 Å². The van der Waals surface area contributed by atoms with Gasteiger partial charge in [0.2, 0.25) is 0 Å². The normalized spacial score (nSPS) is 13.2. The van der Waals surface area contributed by atoms with Gasteiger partial charge in [-0.15, -0.1) is 0 Å². The van der Waals surface area contributed by atoms with Crippen LogP contribution in [0.25, 0.3) is 0 Å². The molecule has 0 radical (unpaired) electrons. The molecule has 0 spiro atoms. The summed E-state index contributed by atoms with van der Waals surface area (Å²) in [5, 5.41) is 8.58. The number of benzene rings is 1. The second kappa shape index (κ2) is 4.39. The van der Waals surface area contributed by atoms with Crippen LogP contribution in [0.3, 0.4) is 0 Å². The summed E-state index contributed by atoms with van der Waals surface area (Å²) in [6, 6.07) is 10.4. The van der Waals surface area contributed by atoms with Crippen molar-refractivity contribution in [1.29, 1.82) is 5.26 Å². The molecule has 0 aliphatic heterocycles. The molecule has 74 valence electrons. The molecule has 0 fully saturated rings. The Hall–Kier alpha value is -1.14. The minimum Gasteiger partial charge on any atom is -0.324 e. The van der Waals surface area contributed by atoms with Crippen molar-refractivity contribution in [3.05, 3.63) is 35.9 Å². The maximum atomic E-state index is 10.8. The van der Waals surface area contributed by atoms with Crippen molar-refractivity contribution in [2.75, 3.05) is 0 Å². The quantitative estimate of drug-likeness (QED) is 0.738. The molecule has 14 heavy (non-hydrogen) atoms. The molecule has 2 N–H and O–H groups in total. The van der Waals surface area contributed by atoms with E-state index in [0.29, 0.717) is 0 Å². The van der Waals surface area contributed by atoms with E-state index in [-0.39, 0.29) is 6.42 Å². The predicted molar refractivity (Wildman–Crippen MR) is 51.6 cm³/mol. The van der Waals surface area contributed by atoms with E-state index in [1.54, 1.807) is 30.3 Å². The highest BCUT2D eigenvalue weighted by molar-refractivity contribution is 7.52. The van der Waals surface area contributed by atoms with Crippen LogP contribution in [0.2, 0.25) is 0 Å². The largest absolute Gasteiger partial charge is 0.342 e. The Balaban J connectivity index is 2.79. The Kier molecular flexibility index (Phi) is 3.43. The summed E-state index contributed by atoms with van der Waals surface area (Å²) in [4.78, 5) is 17.7. The van der Waals surface area contributed by atoms with Crippen LogP contribution in [0.5, 0.6) is 0 Å². The molecule has 0 saturated heterocycles. The molecule has 0 heterocycles. The first-order chi connectivity index (χ1) is 6.54. The monoisotopic (exact) mass is 211 g/mol. The zero-order valence-electron chi connectivity index (χ0n) is 7.37. The van der Waals surface area contributed by atoms with E-state index in [9.17, 15) is 4.57 Å². The van der Waals surface area contributed by atoms with Crippen LogP contribution < -0.4 is 0 Å². The highest BCUT2D eigenvalue weighted by Crippen LogP contribution is 2.42. The van der Waals surface area contributed by atoms with Gasteiger partial charge in [0.1, 0.15) is 0 Å². The molecule has 1 unspecified atom stereocenters. The van der Waals surface area contributed by atoms with E-state index < -0.39 is 13.3 Å². The maximum absolute atomic E-state index is 10.8. The zero-order valence-corrected chi connectivity index (χ0v) is 8.26. The molecule has 1 rings (SSSR count). The molecule has 0 saturated carbocycles. The lowest BCUT2D eigenvalue weighted by Gasteiger charge is -2.10. The van der Waals surface area contributed by atoms with E-state index in [4.69, 9.17) is 15.0 Å². The summed E-state index contributed by atoms with van der Waals surface area (Å²) < 4.78 is 10.8. The van der Waals surface area contributed by atoms with Gasteiger partial charge in [0, 0.05) is 0 Å². The molecule has 0 amide bonds. The van der Waals surface area contributed by atoms with Crippen molar-refractivity contribution >= 4 is 7.60 Å². The van der Waals surface area contributed by atoms with Crippen molar-refractivity contribution in [2.45, 2.75) is 12.1 Å². The molecule has 0 aromatic heterocycles. The van der Waals surface area contributed by atoms with Crippen LogP contribution in [0.15, 0.2) is 30.3 Å². The highest BCUT2D eigenvalue weighted by Gasteiger charge is 2.28. The van der Waals surface area contributed by atoms with E-state index in [1.807, 2.05) is 6.07 Å². The summed E-state index contributed by atoms with van der Waals surface area (Å²) in [6.45, 7) is 0. The standard InChI is InChI=1S/C9H10NO3P/c10-7-9(14(11,12)13)6-8-4-2-1-3-5-8/h1-5,9H,6H2,(H2,11,12,13). The van der Waals surface area contributed by atoms with Crippen LogP contribution in [-0.2, 0) is 11.0 Å². The SMILES string of the molecule is N#CC(Cc1ccccc1)P(=O)(O)O. The first-order valence-corrected chi connectivity index (χ1v) is 5.71. The third-order valence-electron chi connectivity index (χ3n) is 1.83. The van der Waals surface area contributed by atoms with Gasteiger partial charge in [0.05, 0.1) is 6.07 Å². The van der Waals surface area contributed by atoms with E-state index in [0.717, 1.165) is 5.56 Å². The van der Waals surface area contributed by atoms with Gasteiger partial charge in [0.25, 0.3) is 0 Å². The maximum Gasteiger partial charge on any atom is 0.342 e. The first-order valence-electron chi connectivity index (χ1n) is 4.03. The van der Waals surface area contributed by atoms with Gasteiger partial charge in [0.15, 0.2) is 5.66 Å². The summed E-state index contributed by atoms with van der Waals surface area (Å²) in [6.07, 6.45) is 0.0849. The molecular formula is C9H10NO3P. The lowest BCUT2D eigenvalue weighted by Crippen LogP contribution is -2.09. The lowest BCUT2D eigenvalue weighted by molar-refractivity contribution is 0.365. The van der Waals surface area contributed by atoms with Crippen molar-refractivity contribution in [1.82, 2.24) is 0 Å². The predicted octanol–water partition coefficient (Wildman–Crippen LogP) is 1.30. The van der Waals surface area contributed by atoms with Gasteiger partial charge in [-0.05, 0) is 12.0 Å². The third kappa shape index (κ3) is 2.97. The van der Waals surface area contributed by atoms with Gasteiger partial charge < -0.3 is 9.79 Å². The number of rotatable bonds is 3. The fourth-order valence-corrected chi connectivity index (χ4v) is 1.68. The Morgan fingerprint density at radius 3 is 2.36 bits per heavy atom. The number of nitriles is 1. The highest BCUT2D eigenvalue weighted by atomic mass is 31.2. The lowest BCUT2D eigenvalue weighted by atomic mass is 10.1. The summed E-state index contributed by atoms with van der Waals surface area (Å²) in [7, 11) is -4.30. The number of nitrogens with zero attached hydrogens (tertiary/aromatic N) is 1. The van der Waals surface area contributed by atoms with Gasteiger partial charge >= 0.3 is 7.60 Å². The fourth-order valence-electron chi connectivity index (χ4n) is 1.08. The van der Waals surface area contributed by atoms with E-state index in [2.05, 4.69) is 0 Å². The van der Waals surface area contributed by atoms with Crippen LogP contribution in [-0.4, -0.2) is 15.4 Å². The first kappa shape index (κ1) is 10.9. The van der Waals surface area contributed by atoms with Crippen molar-refractivity contribution in [3.8, 4) is 6.07 Å². The number of hydrogen-bond acceptors (Lipinski definition) is 2. The topological polar surface area (TPSA) is 81.3 Å². The summed E-state index contributed by atoms with van der Waals surface area (Å²) in [5.74, 6) is 0. The molecule has 5 heteroatoms. The Morgan fingerprint density at radius 2 is 1.93 bits per heavy atom. The molecule has 1 aromatic rings. The molecule has 4 nitrogen and oxygen atoms in total. The summed E-state index contributed by atoms with van der Waals surface area (Å²) >= 11 is 0. The second-order valence-electron chi connectivity index (χ2n) is 2.92. The minimum atomic E-state index is -4.30. The average Bonchev–Trinajstić information content (AvgIpc) is 2.14. The average molecular weight is 211 g/mol. The van der Waals surface area contributed by atoms with E-state index in [1.165, 1.54) is 0 Å². The van der Waals surface area contributed by atoms with Gasteiger partial charge in [-0.3, -0.25) is 4.57 Å². The van der Waals surface area contributed by atoms with Crippen molar-refractivity contribution in [2.24, 2.45) is 0 Å². The van der Waals surface area contributed by atoms with Crippen LogP contribution in [0.1, 0.15) is 5.56 Å². The number of hydrogen-bond donors (Lipinski definition) is 2. The van der Waals surface area contributed by atoms with Crippen LogP contribution >= 0.6 is 7.60 Å². The molecule has 0 bridgehead atoms. The Bertz CT molecular complexity index is 379. The molecule has 1 aromatic carbocycles. The minimum absolute atomic E-state index is 0.0849. The molecule has 0 aliphatic rings. The van der Waals surface area contributed by atoms with Gasteiger partial charge in [-0.25, -0.2) is 0 Å². The van der Waals surface area contributed by atoms with Gasteiger partial charge in [-0.2, -0.15) is 5.26 Å². The summed E-state index contributed by atoms with van der Waals surface area (Å²) in [5.41, 5.74) is -0.493. The van der Waals surface area contributed by atoms with E-state index >= 15 is 0 Å². The second-order valence-corrected chi connectivity index (χ2v) is 4.73. The Labute approximate surface area is 82.0 Å². The van der Waals surface area contributed by atoms with Crippen LogP contribution in [0, 0.1) is 11.3 Å². The zero-order chi connectivity index (χ0) is 10.6. The van der Waals surface area contributed by atoms with Crippen molar-refractivity contribution in [3.63, 3.8) is 0 Å². The third-order valence-corrected chi connectivity index (χ3v) is 2.94. The molecular weight excluding hydrogens is 201 g/mol. The Morgan fingerprint density at radius 1 is 1.36 bits per heavy atom. The smallest absolute Gasteiger partial charge is 0.324 e. The van der Waals surface area contributed by atoms with Crippen LogP contribution in [0.4, 0.5) is 0 Å².